The van der Waals surface area contributed by atoms with E-state index >= 15 is 4.39 Å². The minimum atomic E-state index is -0.330. The van der Waals surface area contributed by atoms with Crippen LogP contribution in [0.25, 0.3) is 22.2 Å². The fourth-order valence-corrected chi connectivity index (χ4v) is 7.85. The number of hydrogen-bond acceptors (Lipinski definition) is 9. The van der Waals surface area contributed by atoms with Gasteiger partial charge in [0.25, 0.3) is 11.8 Å². The second-order valence-electron chi connectivity index (χ2n) is 15.1. The Morgan fingerprint density at radius 1 is 0.879 bits per heavy atom. The third-order valence-electron chi connectivity index (χ3n) is 11.2. The summed E-state index contributed by atoms with van der Waals surface area (Å²) in [6.07, 6.45) is 4.31. The van der Waals surface area contributed by atoms with Gasteiger partial charge in [-0.05, 0) is 79.3 Å². The smallest absolute Gasteiger partial charge is 0.251 e. The molecule has 0 saturated carbocycles. The number of nitrogens with one attached hydrogen (secondary N) is 3. The molecule has 0 aliphatic carbocycles. The zero-order valence-electron chi connectivity index (χ0n) is 33.9. The van der Waals surface area contributed by atoms with Gasteiger partial charge in [0.15, 0.2) is 5.65 Å². The number of aromatic nitrogens is 3. The number of methoxy groups -OCH3 is 1. The lowest BCUT2D eigenvalue weighted by Crippen LogP contribution is -2.46. The lowest BCUT2D eigenvalue weighted by molar-refractivity contribution is 0.0904. The van der Waals surface area contributed by atoms with E-state index in [2.05, 4.69) is 49.9 Å². The number of amides is 2. The molecule has 13 heteroatoms. The Labute approximate surface area is 340 Å². The van der Waals surface area contributed by atoms with Crippen LogP contribution in [0.2, 0.25) is 0 Å². The highest BCUT2D eigenvalue weighted by Crippen LogP contribution is 2.31. The predicted molar refractivity (Wildman–Crippen MR) is 224 cm³/mol. The largest absolute Gasteiger partial charge is 0.383 e. The molecular formula is C45H55FN8O4. The number of nitrogens with zero attached hydrogens (tertiary/aromatic N) is 5. The van der Waals surface area contributed by atoms with E-state index in [1.165, 1.54) is 6.07 Å². The van der Waals surface area contributed by atoms with Gasteiger partial charge >= 0.3 is 0 Å². The van der Waals surface area contributed by atoms with Crippen molar-refractivity contribution in [3.8, 4) is 11.1 Å². The Bertz CT molecular complexity index is 2200. The van der Waals surface area contributed by atoms with Crippen LogP contribution in [0.15, 0.2) is 72.9 Å². The van der Waals surface area contributed by atoms with E-state index in [1.54, 1.807) is 43.5 Å². The molecule has 2 aromatic heterocycles. The van der Waals surface area contributed by atoms with Gasteiger partial charge < -0.3 is 25.4 Å². The zero-order chi connectivity index (χ0) is 40.4. The summed E-state index contributed by atoms with van der Waals surface area (Å²) in [6.45, 7) is 13.1. The van der Waals surface area contributed by atoms with Crippen molar-refractivity contribution >= 4 is 28.5 Å². The van der Waals surface area contributed by atoms with Crippen LogP contribution >= 0.6 is 0 Å². The van der Waals surface area contributed by atoms with Crippen molar-refractivity contribution in [1.29, 1.82) is 0 Å². The molecular weight excluding hydrogens is 736 g/mol. The van der Waals surface area contributed by atoms with Crippen molar-refractivity contribution in [1.82, 2.24) is 35.2 Å². The molecule has 0 bridgehead atoms. The van der Waals surface area contributed by atoms with Crippen LogP contribution in [0.3, 0.4) is 0 Å². The SMILES string of the molecule is CCc1nc2c(cnn2CC)c(NC2CCOCC2)c1CNC(=O)c1cccc(C(=O)NCc2ccc(F)c(-c3cccc(CN4CCN(CCOC)CC4)c3)c2)c1. The highest BCUT2D eigenvalue weighted by molar-refractivity contribution is 6.00. The monoisotopic (exact) mass is 790 g/mol. The standard InChI is InChI=1S/C45H55FN8O4/c1-4-41-38(42(50-36-14-21-58-22-15-36)39-29-49-54(5-2)43(39)51-41)28-48-45(56)35-11-7-10-34(26-35)44(55)47-27-31-12-13-40(46)37(25-31)33-9-6-8-32(24-33)30-53-18-16-52(17-19-53)20-23-57-3/h6-13,24-26,29,36H,4-5,14-23,27-28,30H2,1-3H3,(H,47,55)(H,48,56)(H,50,51). The molecule has 12 nitrogen and oxygen atoms in total. The molecule has 306 valence electrons. The van der Waals surface area contributed by atoms with Crippen LogP contribution in [0.5, 0.6) is 0 Å². The Morgan fingerprint density at radius 3 is 2.33 bits per heavy atom. The number of fused-ring (bicyclic) bond motifs is 1. The average Bonchev–Trinajstić information content (AvgIpc) is 3.68. The first-order chi connectivity index (χ1) is 28.3. The van der Waals surface area contributed by atoms with E-state index in [1.807, 2.05) is 29.9 Å². The van der Waals surface area contributed by atoms with Gasteiger partial charge in [-0.2, -0.15) is 5.10 Å². The molecule has 2 saturated heterocycles. The van der Waals surface area contributed by atoms with Gasteiger partial charge in [-0.25, -0.2) is 14.1 Å². The maximum Gasteiger partial charge on any atom is 0.251 e. The number of benzene rings is 3. The maximum atomic E-state index is 15.2. The van der Waals surface area contributed by atoms with Crippen molar-refractivity contribution in [3.63, 3.8) is 0 Å². The summed E-state index contributed by atoms with van der Waals surface area (Å²) in [7, 11) is 1.73. The van der Waals surface area contributed by atoms with Gasteiger partial charge in [-0.15, -0.1) is 0 Å². The van der Waals surface area contributed by atoms with Crippen LogP contribution in [0.4, 0.5) is 10.1 Å². The third kappa shape index (κ3) is 9.90. The summed E-state index contributed by atoms with van der Waals surface area (Å²) in [5.41, 5.74) is 7.50. The molecule has 7 rings (SSSR count). The van der Waals surface area contributed by atoms with Crippen LogP contribution in [-0.4, -0.2) is 102 Å². The molecule has 0 unspecified atom stereocenters. The first kappa shape index (κ1) is 41.0. The lowest BCUT2D eigenvalue weighted by Gasteiger charge is -2.34. The minimum Gasteiger partial charge on any atom is -0.383 e. The Balaban J connectivity index is 0.989. The normalized spacial score (nSPS) is 15.4. The number of rotatable bonds is 16. The summed E-state index contributed by atoms with van der Waals surface area (Å²) in [4.78, 5) is 36.8. The number of ether oxygens (including phenoxy) is 2. The van der Waals surface area contributed by atoms with E-state index < -0.39 is 0 Å². The number of carbonyl (C=O) groups is 2. The van der Waals surface area contributed by atoms with E-state index in [0.29, 0.717) is 42.9 Å². The first-order valence-corrected chi connectivity index (χ1v) is 20.5. The molecule has 0 atom stereocenters. The number of aryl methyl sites for hydroxylation is 2. The molecule has 3 N–H and O–H groups in total. The summed E-state index contributed by atoms with van der Waals surface area (Å²) >= 11 is 0. The van der Waals surface area contributed by atoms with Crippen molar-refractivity contribution in [2.75, 3.05) is 65.0 Å². The van der Waals surface area contributed by atoms with Gasteiger partial charge in [0.2, 0.25) is 0 Å². The van der Waals surface area contributed by atoms with E-state index in [-0.39, 0.29) is 36.8 Å². The van der Waals surface area contributed by atoms with Crippen LogP contribution < -0.4 is 16.0 Å². The molecule has 0 radical (unpaired) electrons. The summed E-state index contributed by atoms with van der Waals surface area (Å²) in [6, 6.07) is 19.9. The van der Waals surface area contributed by atoms with E-state index in [4.69, 9.17) is 14.5 Å². The van der Waals surface area contributed by atoms with E-state index in [0.717, 1.165) is 103 Å². The highest BCUT2D eigenvalue weighted by Gasteiger charge is 2.23. The summed E-state index contributed by atoms with van der Waals surface area (Å²) in [5, 5.41) is 15.3. The number of pyridine rings is 1. The number of carbonyl (C=O) groups excluding carboxylic acids is 2. The summed E-state index contributed by atoms with van der Waals surface area (Å²) < 4.78 is 28.0. The van der Waals surface area contributed by atoms with E-state index in [9.17, 15) is 9.59 Å². The molecule has 58 heavy (non-hydrogen) atoms. The molecule has 2 amide bonds. The van der Waals surface area contributed by atoms with Crippen LogP contribution in [0.1, 0.15) is 69.8 Å². The Kier molecular flexibility index (Phi) is 13.8. The fraction of sp³-hybridized carbons (Fsp3) is 0.422. The number of hydrogen-bond donors (Lipinski definition) is 3. The summed E-state index contributed by atoms with van der Waals surface area (Å²) in [5.74, 6) is -0.946. The lowest BCUT2D eigenvalue weighted by atomic mass is 10.00. The maximum absolute atomic E-state index is 15.2. The zero-order valence-corrected chi connectivity index (χ0v) is 33.9. The topological polar surface area (TPSA) is 126 Å². The van der Waals surface area contributed by atoms with Crippen molar-refractivity contribution in [2.45, 2.75) is 65.3 Å². The number of anilines is 1. The molecule has 2 fully saturated rings. The Hall–Kier alpha value is -5.21. The van der Waals surface area contributed by atoms with Crippen LogP contribution in [0, 0.1) is 5.82 Å². The molecule has 2 aliphatic heterocycles. The number of halogens is 1. The average molecular weight is 791 g/mol. The van der Waals surface area contributed by atoms with Crippen molar-refractivity contribution < 1.29 is 23.5 Å². The second kappa shape index (κ2) is 19.5. The minimum absolute atomic E-state index is 0.197. The Morgan fingerprint density at radius 2 is 1.60 bits per heavy atom. The van der Waals surface area contributed by atoms with Gasteiger partial charge in [-0.1, -0.05) is 37.3 Å². The predicted octanol–water partition coefficient (Wildman–Crippen LogP) is 6.03. The number of piperazine rings is 1. The molecule has 5 aromatic rings. The quantitative estimate of drug-likeness (QED) is 0.110. The van der Waals surface area contributed by atoms with Crippen molar-refractivity contribution in [3.05, 3.63) is 112 Å². The van der Waals surface area contributed by atoms with Crippen LogP contribution in [-0.2, 0) is 42.1 Å². The highest BCUT2D eigenvalue weighted by atomic mass is 19.1. The van der Waals surface area contributed by atoms with Gasteiger partial charge in [-0.3, -0.25) is 19.4 Å². The molecule has 3 aromatic carbocycles. The fourth-order valence-electron chi connectivity index (χ4n) is 7.85. The van der Waals surface area contributed by atoms with Crippen molar-refractivity contribution in [2.24, 2.45) is 0 Å². The first-order valence-electron chi connectivity index (χ1n) is 20.5. The third-order valence-corrected chi connectivity index (χ3v) is 11.2. The molecule has 0 spiro atoms. The van der Waals surface area contributed by atoms with Gasteiger partial charge in [0, 0.05) is 113 Å². The molecule has 2 aliphatic rings. The molecule has 4 heterocycles. The second-order valence-corrected chi connectivity index (χ2v) is 15.1. The van der Waals surface area contributed by atoms with Gasteiger partial charge in [0.1, 0.15) is 5.82 Å². The van der Waals surface area contributed by atoms with Gasteiger partial charge in [0.05, 0.1) is 23.9 Å².